The average Bonchev–Trinajstić information content (AvgIpc) is 2.53. The largest absolute Gasteiger partial charge is 0.488 e. The van der Waals surface area contributed by atoms with Gasteiger partial charge in [-0.25, -0.2) is 4.79 Å². The quantitative estimate of drug-likeness (QED) is 0.622. The van der Waals surface area contributed by atoms with Crippen LogP contribution in [0.4, 0.5) is 0 Å². The molecule has 0 N–H and O–H groups in total. The standard InChI is InChI=1S/C17H15ClO4/c1-11-13(17(20)21-2)8-9-14(16(18)19)15(11)22-10-12-6-4-3-5-7-12/h3-9H,10H2,1-2H3. The third kappa shape index (κ3) is 3.46. The molecule has 0 aliphatic carbocycles. The smallest absolute Gasteiger partial charge is 0.338 e. The lowest BCUT2D eigenvalue weighted by molar-refractivity contribution is 0.0599. The van der Waals surface area contributed by atoms with Crippen LogP contribution in [-0.4, -0.2) is 18.3 Å². The second-order valence-electron chi connectivity index (χ2n) is 4.65. The zero-order valence-corrected chi connectivity index (χ0v) is 13.0. The van der Waals surface area contributed by atoms with E-state index in [9.17, 15) is 9.59 Å². The van der Waals surface area contributed by atoms with Crippen molar-refractivity contribution in [2.24, 2.45) is 0 Å². The Labute approximate surface area is 133 Å². The van der Waals surface area contributed by atoms with Gasteiger partial charge in [-0.2, -0.15) is 0 Å². The first-order valence-electron chi connectivity index (χ1n) is 6.63. The summed E-state index contributed by atoms with van der Waals surface area (Å²) < 4.78 is 10.5. The minimum absolute atomic E-state index is 0.225. The number of hydrogen-bond acceptors (Lipinski definition) is 4. The Morgan fingerprint density at radius 2 is 1.68 bits per heavy atom. The second kappa shape index (κ2) is 7.09. The van der Waals surface area contributed by atoms with Crippen molar-refractivity contribution in [2.45, 2.75) is 13.5 Å². The molecule has 0 saturated heterocycles. The Hall–Kier alpha value is -2.33. The summed E-state index contributed by atoms with van der Waals surface area (Å²) in [5.74, 6) is -0.192. The van der Waals surface area contributed by atoms with Gasteiger partial charge in [0.1, 0.15) is 12.4 Å². The first-order chi connectivity index (χ1) is 10.5. The summed E-state index contributed by atoms with van der Waals surface area (Å²) in [7, 11) is 1.30. The van der Waals surface area contributed by atoms with Crippen LogP contribution in [0.15, 0.2) is 42.5 Å². The monoisotopic (exact) mass is 318 g/mol. The molecule has 0 bridgehead atoms. The Bertz CT molecular complexity index is 695. The van der Waals surface area contributed by atoms with E-state index < -0.39 is 11.2 Å². The summed E-state index contributed by atoms with van der Waals surface area (Å²) in [6.45, 7) is 1.96. The Morgan fingerprint density at radius 1 is 1.05 bits per heavy atom. The molecule has 2 aromatic carbocycles. The number of esters is 1. The van der Waals surface area contributed by atoms with E-state index in [0.717, 1.165) is 5.56 Å². The van der Waals surface area contributed by atoms with Gasteiger partial charge in [0.25, 0.3) is 5.24 Å². The van der Waals surface area contributed by atoms with E-state index in [1.54, 1.807) is 6.92 Å². The molecule has 2 rings (SSSR count). The zero-order chi connectivity index (χ0) is 16.1. The van der Waals surface area contributed by atoms with E-state index in [-0.39, 0.29) is 12.2 Å². The Morgan fingerprint density at radius 3 is 2.27 bits per heavy atom. The fourth-order valence-corrected chi connectivity index (χ4v) is 2.24. The van der Waals surface area contributed by atoms with Gasteiger partial charge in [-0.1, -0.05) is 30.3 Å². The van der Waals surface area contributed by atoms with Crippen molar-refractivity contribution in [2.75, 3.05) is 7.11 Å². The summed E-state index contributed by atoms with van der Waals surface area (Å²) >= 11 is 5.59. The maximum absolute atomic E-state index is 11.7. The van der Waals surface area contributed by atoms with Crippen LogP contribution in [0.1, 0.15) is 31.8 Å². The lowest BCUT2D eigenvalue weighted by atomic mass is 10.0. The van der Waals surface area contributed by atoms with Gasteiger partial charge in [-0.3, -0.25) is 4.79 Å². The van der Waals surface area contributed by atoms with Gasteiger partial charge in [0.2, 0.25) is 0 Å². The maximum atomic E-state index is 11.7. The number of halogens is 1. The highest BCUT2D eigenvalue weighted by molar-refractivity contribution is 6.68. The molecular weight excluding hydrogens is 304 g/mol. The molecule has 22 heavy (non-hydrogen) atoms. The fraction of sp³-hybridized carbons (Fsp3) is 0.176. The van der Waals surface area contributed by atoms with Crippen molar-refractivity contribution < 1.29 is 19.1 Å². The lowest BCUT2D eigenvalue weighted by Crippen LogP contribution is -2.09. The number of hydrogen-bond donors (Lipinski definition) is 0. The third-order valence-corrected chi connectivity index (χ3v) is 3.45. The van der Waals surface area contributed by atoms with Gasteiger partial charge in [0, 0.05) is 5.56 Å². The zero-order valence-electron chi connectivity index (χ0n) is 12.3. The molecular formula is C17H15ClO4. The molecule has 0 amide bonds. The van der Waals surface area contributed by atoms with E-state index in [0.29, 0.717) is 16.9 Å². The molecule has 0 aliphatic heterocycles. The maximum Gasteiger partial charge on any atom is 0.338 e. The lowest BCUT2D eigenvalue weighted by Gasteiger charge is -2.14. The van der Waals surface area contributed by atoms with Crippen molar-refractivity contribution >= 4 is 22.8 Å². The molecule has 0 aromatic heterocycles. The fourth-order valence-electron chi connectivity index (χ4n) is 2.09. The summed E-state index contributed by atoms with van der Waals surface area (Å²) in [5.41, 5.74) is 2.03. The first-order valence-corrected chi connectivity index (χ1v) is 7.01. The van der Waals surface area contributed by atoms with Crippen LogP contribution in [0.25, 0.3) is 0 Å². The number of carbonyl (C=O) groups is 2. The molecule has 0 heterocycles. The summed E-state index contributed by atoms with van der Waals surface area (Å²) in [4.78, 5) is 23.3. The third-order valence-electron chi connectivity index (χ3n) is 3.25. The molecule has 5 heteroatoms. The first kappa shape index (κ1) is 16.0. The topological polar surface area (TPSA) is 52.6 Å². The molecule has 0 saturated carbocycles. The highest BCUT2D eigenvalue weighted by Crippen LogP contribution is 2.29. The second-order valence-corrected chi connectivity index (χ2v) is 5.00. The van der Waals surface area contributed by atoms with Crippen LogP contribution in [0, 0.1) is 6.92 Å². The van der Waals surface area contributed by atoms with Crippen LogP contribution < -0.4 is 4.74 Å². The summed E-state index contributed by atoms with van der Waals surface area (Å²) in [6.07, 6.45) is 0. The predicted octanol–water partition coefficient (Wildman–Crippen LogP) is 3.74. The van der Waals surface area contributed by atoms with Gasteiger partial charge >= 0.3 is 5.97 Å². The van der Waals surface area contributed by atoms with Crippen molar-refractivity contribution in [1.82, 2.24) is 0 Å². The highest BCUT2D eigenvalue weighted by atomic mass is 35.5. The Kier molecular flexibility index (Phi) is 5.17. The van der Waals surface area contributed by atoms with Crippen molar-refractivity contribution in [1.29, 1.82) is 0 Å². The van der Waals surface area contributed by atoms with Crippen LogP contribution in [0.2, 0.25) is 0 Å². The van der Waals surface area contributed by atoms with Gasteiger partial charge in [0.15, 0.2) is 0 Å². The Balaban J connectivity index is 2.38. The molecule has 0 unspecified atom stereocenters. The van der Waals surface area contributed by atoms with Gasteiger partial charge < -0.3 is 9.47 Å². The van der Waals surface area contributed by atoms with Crippen molar-refractivity contribution in [3.05, 3.63) is 64.7 Å². The molecule has 4 nitrogen and oxygen atoms in total. The number of rotatable bonds is 5. The minimum Gasteiger partial charge on any atom is -0.488 e. The molecule has 0 radical (unpaired) electrons. The average molecular weight is 319 g/mol. The predicted molar refractivity (Wildman–Crippen MR) is 83.5 cm³/mol. The normalized spacial score (nSPS) is 10.1. The van der Waals surface area contributed by atoms with Gasteiger partial charge in [-0.15, -0.1) is 0 Å². The van der Waals surface area contributed by atoms with Gasteiger partial charge in [0.05, 0.1) is 18.2 Å². The van der Waals surface area contributed by atoms with Gasteiger partial charge in [-0.05, 0) is 36.2 Å². The van der Waals surface area contributed by atoms with E-state index in [4.69, 9.17) is 21.1 Å². The van der Waals surface area contributed by atoms with Crippen LogP contribution in [0.3, 0.4) is 0 Å². The number of benzene rings is 2. The van der Waals surface area contributed by atoms with E-state index in [1.807, 2.05) is 30.3 Å². The molecule has 0 aliphatic rings. The van der Waals surface area contributed by atoms with E-state index in [2.05, 4.69) is 0 Å². The SMILES string of the molecule is COC(=O)c1ccc(C(=O)Cl)c(OCc2ccccc2)c1C. The number of ether oxygens (including phenoxy) is 2. The summed E-state index contributed by atoms with van der Waals surface area (Å²) in [5, 5.41) is -0.637. The van der Waals surface area contributed by atoms with Crippen LogP contribution in [-0.2, 0) is 11.3 Å². The van der Waals surface area contributed by atoms with Crippen LogP contribution >= 0.6 is 11.6 Å². The number of methoxy groups -OCH3 is 1. The molecule has 0 atom stereocenters. The van der Waals surface area contributed by atoms with Crippen LogP contribution in [0.5, 0.6) is 5.75 Å². The minimum atomic E-state index is -0.637. The molecule has 0 spiro atoms. The summed E-state index contributed by atoms with van der Waals surface area (Å²) in [6, 6.07) is 12.5. The van der Waals surface area contributed by atoms with Crippen molar-refractivity contribution in [3.8, 4) is 5.75 Å². The molecule has 0 fully saturated rings. The molecule has 114 valence electrons. The van der Waals surface area contributed by atoms with E-state index >= 15 is 0 Å². The highest BCUT2D eigenvalue weighted by Gasteiger charge is 2.19. The number of carbonyl (C=O) groups excluding carboxylic acids is 2. The van der Waals surface area contributed by atoms with E-state index in [1.165, 1.54) is 19.2 Å². The molecule has 2 aromatic rings. The van der Waals surface area contributed by atoms with Crippen molar-refractivity contribution in [3.63, 3.8) is 0 Å².